The van der Waals surface area contributed by atoms with Crippen molar-refractivity contribution < 1.29 is 4.79 Å². The molecular weight excluding hydrogens is 374 g/mol. The third kappa shape index (κ3) is 4.07. The Kier molecular flexibility index (Phi) is 6.35. The molecule has 6 heteroatoms. The van der Waals surface area contributed by atoms with Crippen LogP contribution in [0.1, 0.15) is 54.0 Å². The van der Waals surface area contributed by atoms with Crippen molar-refractivity contribution in [2.24, 2.45) is 5.92 Å². The molecule has 0 aliphatic carbocycles. The summed E-state index contributed by atoms with van der Waals surface area (Å²) in [6, 6.07) is 12.6. The SMILES string of the molecule is CCN(CC)CCN(C)C(=O)c1ccc2c(c1)[C@H]1NCC[C@H]1C(c1ccccn1)N2. The van der Waals surface area contributed by atoms with Gasteiger partial charge in [0.25, 0.3) is 5.91 Å². The van der Waals surface area contributed by atoms with E-state index in [2.05, 4.69) is 52.6 Å². The number of hydrogen-bond acceptors (Lipinski definition) is 5. The number of nitrogens with one attached hydrogen (secondary N) is 2. The molecule has 1 fully saturated rings. The lowest BCUT2D eigenvalue weighted by atomic mass is 9.81. The lowest BCUT2D eigenvalue weighted by molar-refractivity contribution is 0.0779. The fraction of sp³-hybridized carbons (Fsp3) is 0.500. The maximum absolute atomic E-state index is 13.1. The van der Waals surface area contributed by atoms with E-state index in [9.17, 15) is 4.79 Å². The highest BCUT2D eigenvalue weighted by atomic mass is 16.2. The Labute approximate surface area is 179 Å². The predicted octanol–water partition coefficient (Wildman–Crippen LogP) is 3.31. The first-order valence-electron chi connectivity index (χ1n) is 11.1. The summed E-state index contributed by atoms with van der Waals surface area (Å²) in [6.45, 7) is 8.96. The van der Waals surface area contributed by atoms with Gasteiger partial charge in [-0.25, -0.2) is 0 Å². The van der Waals surface area contributed by atoms with Crippen LogP contribution in [-0.2, 0) is 0 Å². The number of likely N-dealkylation sites (N-methyl/N-ethyl adjacent to an activating group) is 2. The Morgan fingerprint density at radius 1 is 1.13 bits per heavy atom. The molecular formula is C24H33N5O. The second-order valence-corrected chi connectivity index (χ2v) is 8.32. The van der Waals surface area contributed by atoms with Crippen molar-refractivity contribution in [1.29, 1.82) is 0 Å². The number of nitrogens with zero attached hydrogens (tertiary/aromatic N) is 3. The van der Waals surface area contributed by atoms with Gasteiger partial charge in [0, 0.05) is 49.5 Å². The van der Waals surface area contributed by atoms with Crippen LogP contribution < -0.4 is 10.6 Å². The molecule has 6 nitrogen and oxygen atoms in total. The zero-order chi connectivity index (χ0) is 21.1. The molecule has 0 spiro atoms. The van der Waals surface area contributed by atoms with Gasteiger partial charge in [0.05, 0.1) is 11.7 Å². The number of benzene rings is 1. The normalized spacial score (nSPS) is 22.3. The minimum absolute atomic E-state index is 0.0892. The van der Waals surface area contributed by atoms with E-state index in [1.165, 1.54) is 5.56 Å². The van der Waals surface area contributed by atoms with Crippen LogP contribution >= 0.6 is 0 Å². The van der Waals surface area contributed by atoms with Crippen LogP contribution in [0.15, 0.2) is 42.6 Å². The molecule has 160 valence electrons. The van der Waals surface area contributed by atoms with Crippen molar-refractivity contribution in [2.45, 2.75) is 32.4 Å². The Balaban J connectivity index is 1.54. The maximum Gasteiger partial charge on any atom is 0.253 e. The maximum atomic E-state index is 13.1. The molecule has 30 heavy (non-hydrogen) atoms. The molecule has 2 aliphatic heterocycles. The van der Waals surface area contributed by atoms with E-state index in [0.29, 0.717) is 5.92 Å². The Hall–Kier alpha value is -2.44. The van der Waals surface area contributed by atoms with Crippen molar-refractivity contribution in [3.05, 3.63) is 59.4 Å². The molecule has 3 atom stereocenters. The molecule has 0 bridgehead atoms. The van der Waals surface area contributed by atoms with E-state index in [0.717, 1.165) is 56.1 Å². The van der Waals surface area contributed by atoms with Crippen molar-refractivity contribution in [2.75, 3.05) is 45.1 Å². The van der Waals surface area contributed by atoms with E-state index in [-0.39, 0.29) is 18.0 Å². The topological polar surface area (TPSA) is 60.5 Å². The highest BCUT2D eigenvalue weighted by Gasteiger charge is 2.41. The van der Waals surface area contributed by atoms with Crippen LogP contribution in [0.2, 0.25) is 0 Å². The van der Waals surface area contributed by atoms with Crippen molar-refractivity contribution in [3.8, 4) is 0 Å². The van der Waals surface area contributed by atoms with E-state index in [4.69, 9.17) is 0 Å². The van der Waals surface area contributed by atoms with Crippen molar-refractivity contribution >= 4 is 11.6 Å². The average molecular weight is 408 g/mol. The average Bonchev–Trinajstić information content (AvgIpc) is 3.29. The number of carbonyl (C=O) groups excluding carboxylic acids is 1. The van der Waals surface area contributed by atoms with Gasteiger partial charge in [0.15, 0.2) is 0 Å². The predicted molar refractivity (Wildman–Crippen MR) is 121 cm³/mol. The van der Waals surface area contributed by atoms with Gasteiger partial charge in [-0.1, -0.05) is 19.9 Å². The molecule has 1 unspecified atom stereocenters. The minimum Gasteiger partial charge on any atom is -0.376 e. The lowest BCUT2D eigenvalue weighted by Crippen LogP contribution is -2.36. The number of rotatable bonds is 7. The van der Waals surface area contributed by atoms with Crippen molar-refractivity contribution in [3.63, 3.8) is 0 Å². The van der Waals surface area contributed by atoms with Crippen LogP contribution in [0.25, 0.3) is 0 Å². The lowest BCUT2D eigenvalue weighted by Gasteiger charge is -2.37. The Bertz CT molecular complexity index is 867. The van der Waals surface area contributed by atoms with Crippen LogP contribution in [0.4, 0.5) is 5.69 Å². The first-order valence-corrected chi connectivity index (χ1v) is 11.1. The molecule has 1 aromatic heterocycles. The Morgan fingerprint density at radius 2 is 1.97 bits per heavy atom. The summed E-state index contributed by atoms with van der Waals surface area (Å²) in [5.74, 6) is 0.518. The fourth-order valence-electron chi connectivity index (χ4n) is 4.79. The summed E-state index contributed by atoms with van der Waals surface area (Å²) in [7, 11) is 1.90. The van der Waals surface area contributed by atoms with Crippen molar-refractivity contribution in [1.82, 2.24) is 20.1 Å². The molecule has 2 aliphatic rings. The van der Waals surface area contributed by atoms with Crippen LogP contribution in [0, 0.1) is 5.92 Å². The van der Waals surface area contributed by atoms with E-state index >= 15 is 0 Å². The van der Waals surface area contributed by atoms with E-state index < -0.39 is 0 Å². The number of aromatic nitrogens is 1. The van der Waals surface area contributed by atoms with Gasteiger partial charge < -0.3 is 20.4 Å². The van der Waals surface area contributed by atoms with Gasteiger partial charge in [0.2, 0.25) is 0 Å². The molecule has 0 saturated carbocycles. The number of hydrogen-bond donors (Lipinski definition) is 2. The van der Waals surface area contributed by atoms with E-state index in [1.807, 2.05) is 36.3 Å². The largest absolute Gasteiger partial charge is 0.376 e. The smallest absolute Gasteiger partial charge is 0.253 e. The monoisotopic (exact) mass is 407 g/mol. The van der Waals surface area contributed by atoms with Gasteiger partial charge in [-0.05, 0) is 62.0 Å². The number of carbonyl (C=O) groups is 1. The molecule has 1 aromatic carbocycles. The molecule has 1 saturated heterocycles. The fourth-order valence-corrected chi connectivity index (χ4v) is 4.79. The summed E-state index contributed by atoms with van der Waals surface area (Å²) in [5, 5.41) is 7.37. The third-order valence-electron chi connectivity index (χ3n) is 6.64. The summed E-state index contributed by atoms with van der Waals surface area (Å²) in [5.41, 5.74) is 4.15. The highest BCUT2D eigenvalue weighted by molar-refractivity contribution is 5.95. The zero-order valence-electron chi connectivity index (χ0n) is 18.3. The van der Waals surface area contributed by atoms with Gasteiger partial charge >= 0.3 is 0 Å². The number of amides is 1. The number of fused-ring (bicyclic) bond motifs is 3. The van der Waals surface area contributed by atoms with Gasteiger partial charge in [0.1, 0.15) is 0 Å². The standard InChI is InChI=1S/C24H33N5O/c1-4-29(5-2)15-14-28(3)24(30)17-9-10-20-19(16-17)22-18(11-13-26-22)23(27-20)21-8-6-7-12-25-21/h6-10,12,16,18,22-23,26-27H,4-5,11,13-15H2,1-3H3/t18-,22+,23?/m1/s1. The Morgan fingerprint density at radius 3 is 2.70 bits per heavy atom. The second-order valence-electron chi connectivity index (χ2n) is 8.32. The number of pyridine rings is 1. The molecule has 2 aromatic rings. The molecule has 3 heterocycles. The minimum atomic E-state index is 0.0892. The first kappa shape index (κ1) is 20.8. The number of anilines is 1. The van der Waals surface area contributed by atoms with Gasteiger partial charge in [-0.2, -0.15) is 0 Å². The van der Waals surface area contributed by atoms with Crippen LogP contribution in [0.3, 0.4) is 0 Å². The van der Waals surface area contributed by atoms with Gasteiger partial charge in [-0.3, -0.25) is 9.78 Å². The quantitative estimate of drug-likeness (QED) is 0.737. The first-order chi connectivity index (χ1) is 14.6. The second kappa shape index (κ2) is 9.14. The molecule has 1 amide bonds. The highest BCUT2D eigenvalue weighted by Crippen LogP contribution is 2.47. The summed E-state index contributed by atoms with van der Waals surface area (Å²) < 4.78 is 0. The molecule has 4 rings (SSSR count). The summed E-state index contributed by atoms with van der Waals surface area (Å²) >= 11 is 0. The molecule has 0 radical (unpaired) electrons. The van der Waals surface area contributed by atoms with E-state index in [1.54, 1.807) is 0 Å². The third-order valence-corrected chi connectivity index (χ3v) is 6.64. The zero-order valence-corrected chi connectivity index (χ0v) is 18.3. The van der Waals surface area contributed by atoms with Crippen LogP contribution in [0.5, 0.6) is 0 Å². The molecule has 2 N–H and O–H groups in total. The summed E-state index contributed by atoms with van der Waals surface area (Å²) in [6.07, 6.45) is 2.96. The summed E-state index contributed by atoms with van der Waals surface area (Å²) in [4.78, 5) is 21.8. The van der Waals surface area contributed by atoms with Crippen LogP contribution in [-0.4, -0.2) is 60.5 Å². The van der Waals surface area contributed by atoms with Gasteiger partial charge in [-0.15, -0.1) is 0 Å².